The molecule has 0 spiro atoms. The molecule has 0 aliphatic rings. The van der Waals surface area contributed by atoms with Crippen LogP contribution in [0.25, 0.3) is 10.8 Å². The Kier molecular flexibility index (Phi) is 5.07. The molecule has 0 saturated carbocycles. The summed E-state index contributed by atoms with van der Waals surface area (Å²) in [4.78, 5) is 4.27. The molecule has 0 atom stereocenters. The van der Waals surface area contributed by atoms with Crippen LogP contribution in [0.15, 0.2) is 36.7 Å². The van der Waals surface area contributed by atoms with Crippen molar-refractivity contribution in [1.82, 2.24) is 10.3 Å². The Morgan fingerprint density at radius 2 is 2.17 bits per heavy atom. The summed E-state index contributed by atoms with van der Waals surface area (Å²) in [6, 6.07) is 8.34. The van der Waals surface area contributed by atoms with Crippen molar-refractivity contribution in [2.24, 2.45) is 0 Å². The highest BCUT2D eigenvalue weighted by Gasteiger charge is 2.00. The maximum absolute atomic E-state index is 5.20. The number of nitrogens with one attached hydrogen (secondary N) is 1. The van der Waals surface area contributed by atoms with E-state index in [9.17, 15) is 0 Å². The summed E-state index contributed by atoms with van der Waals surface area (Å²) in [5.74, 6) is 4.46. The zero-order valence-electron chi connectivity index (χ0n) is 10.2. The number of terminal acetylenes is 1. The number of hydrogen-bond donors (Lipinski definition) is 1. The number of pyridine rings is 1. The lowest BCUT2D eigenvalue weighted by Gasteiger charge is -2.07. The second kappa shape index (κ2) is 7.05. The summed E-state index contributed by atoms with van der Waals surface area (Å²) in [6.07, 6.45) is 9.04. The predicted molar refractivity (Wildman–Crippen MR) is 79.6 cm³/mol. The first-order valence-electron chi connectivity index (χ1n) is 5.95. The Labute approximate surface area is 112 Å². The van der Waals surface area contributed by atoms with Crippen molar-refractivity contribution in [3.05, 3.63) is 42.2 Å². The Bertz CT molecular complexity index is 540. The summed E-state index contributed by atoms with van der Waals surface area (Å²) < 4.78 is 0. The topological polar surface area (TPSA) is 24.9 Å². The standard InChI is InChI=1S/C15H16N2S/c1-2-8-18-9-7-16-11-14-12-17-10-13-5-3-4-6-15(13)14/h1,3-6,10,12,16H,7-9,11H2. The van der Waals surface area contributed by atoms with Crippen LogP contribution in [0.5, 0.6) is 0 Å². The van der Waals surface area contributed by atoms with E-state index in [1.54, 1.807) is 11.8 Å². The maximum atomic E-state index is 5.20. The average molecular weight is 256 g/mol. The van der Waals surface area contributed by atoms with E-state index in [-0.39, 0.29) is 0 Å². The fourth-order valence-electron chi connectivity index (χ4n) is 1.82. The van der Waals surface area contributed by atoms with E-state index in [0.29, 0.717) is 0 Å². The Morgan fingerprint density at radius 1 is 1.28 bits per heavy atom. The summed E-state index contributed by atoms with van der Waals surface area (Å²) in [6.45, 7) is 1.82. The van der Waals surface area contributed by atoms with Gasteiger partial charge in [0.05, 0.1) is 5.75 Å². The van der Waals surface area contributed by atoms with Crippen LogP contribution in [-0.2, 0) is 6.54 Å². The van der Waals surface area contributed by atoms with Crippen LogP contribution < -0.4 is 5.32 Å². The molecule has 1 aromatic carbocycles. The molecule has 0 saturated heterocycles. The molecule has 2 aromatic rings. The monoisotopic (exact) mass is 256 g/mol. The van der Waals surface area contributed by atoms with E-state index in [0.717, 1.165) is 24.6 Å². The molecule has 0 unspecified atom stereocenters. The lowest BCUT2D eigenvalue weighted by Crippen LogP contribution is -2.17. The lowest BCUT2D eigenvalue weighted by atomic mass is 10.1. The van der Waals surface area contributed by atoms with Crippen LogP contribution in [0, 0.1) is 12.3 Å². The molecule has 0 radical (unpaired) electrons. The molecular weight excluding hydrogens is 240 g/mol. The minimum Gasteiger partial charge on any atom is -0.312 e. The second-order valence-electron chi connectivity index (χ2n) is 3.95. The smallest absolute Gasteiger partial charge is 0.0545 e. The van der Waals surface area contributed by atoms with Crippen molar-refractivity contribution in [3.63, 3.8) is 0 Å². The Hall–Kier alpha value is -1.50. The molecule has 2 rings (SSSR count). The highest BCUT2D eigenvalue weighted by atomic mass is 32.2. The molecule has 92 valence electrons. The first-order valence-corrected chi connectivity index (χ1v) is 7.11. The van der Waals surface area contributed by atoms with Crippen LogP contribution in [-0.4, -0.2) is 23.0 Å². The third kappa shape index (κ3) is 3.49. The van der Waals surface area contributed by atoms with Crippen molar-refractivity contribution in [3.8, 4) is 12.3 Å². The van der Waals surface area contributed by atoms with Gasteiger partial charge in [-0.2, -0.15) is 0 Å². The first kappa shape index (κ1) is 12.9. The van der Waals surface area contributed by atoms with Crippen molar-refractivity contribution in [2.75, 3.05) is 18.1 Å². The maximum Gasteiger partial charge on any atom is 0.0545 e. The van der Waals surface area contributed by atoms with Crippen LogP contribution in [0.3, 0.4) is 0 Å². The highest BCUT2D eigenvalue weighted by Crippen LogP contribution is 2.16. The number of hydrogen-bond acceptors (Lipinski definition) is 3. The molecule has 18 heavy (non-hydrogen) atoms. The third-order valence-corrected chi connectivity index (χ3v) is 3.54. The van der Waals surface area contributed by atoms with Gasteiger partial charge in [0.15, 0.2) is 0 Å². The van der Waals surface area contributed by atoms with E-state index in [1.807, 2.05) is 18.5 Å². The van der Waals surface area contributed by atoms with E-state index < -0.39 is 0 Å². The van der Waals surface area contributed by atoms with Crippen LogP contribution in [0.2, 0.25) is 0 Å². The fraction of sp³-hybridized carbons (Fsp3) is 0.267. The number of thioether (sulfide) groups is 1. The number of nitrogens with zero attached hydrogens (tertiary/aromatic N) is 1. The number of benzene rings is 1. The molecule has 0 fully saturated rings. The predicted octanol–water partition coefficient (Wildman–Crippen LogP) is 2.69. The lowest BCUT2D eigenvalue weighted by molar-refractivity contribution is 0.734. The van der Waals surface area contributed by atoms with Gasteiger partial charge in [0, 0.05) is 36.6 Å². The normalized spacial score (nSPS) is 10.4. The Balaban J connectivity index is 1.90. The molecule has 1 N–H and O–H groups in total. The average Bonchev–Trinajstić information content (AvgIpc) is 2.43. The minimum absolute atomic E-state index is 0.789. The van der Waals surface area contributed by atoms with Crippen LogP contribution in [0.4, 0.5) is 0 Å². The molecule has 0 amide bonds. The Morgan fingerprint density at radius 3 is 3.06 bits per heavy atom. The molecule has 3 heteroatoms. The molecule has 0 aliphatic heterocycles. The van der Waals surface area contributed by atoms with Gasteiger partial charge in [-0.05, 0) is 10.9 Å². The van der Waals surface area contributed by atoms with Crippen molar-refractivity contribution in [1.29, 1.82) is 0 Å². The fourth-order valence-corrected chi connectivity index (χ4v) is 2.37. The van der Waals surface area contributed by atoms with E-state index >= 15 is 0 Å². The van der Waals surface area contributed by atoms with Crippen LogP contribution >= 0.6 is 11.8 Å². The molecule has 1 aromatic heterocycles. The van der Waals surface area contributed by atoms with Gasteiger partial charge >= 0.3 is 0 Å². The summed E-state index contributed by atoms with van der Waals surface area (Å²) in [7, 11) is 0. The molecular formula is C15H16N2S. The SMILES string of the molecule is C#CCSCCNCc1cncc2ccccc12. The quantitative estimate of drug-likeness (QED) is 0.635. The van der Waals surface area contributed by atoms with Gasteiger partial charge in [-0.3, -0.25) is 4.98 Å². The number of fused-ring (bicyclic) bond motifs is 1. The summed E-state index contributed by atoms with van der Waals surface area (Å²) >= 11 is 1.78. The van der Waals surface area contributed by atoms with Crippen molar-refractivity contribution < 1.29 is 0 Å². The number of rotatable bonds is 6. The molecule has 2 nitrogen and oxygen atoms in total. The van der Waals surface area contributed by atoms with Gasteiger partial charge in [0.1, 0.15) is 0 Å². The van der Waals surface area contributed by atoms with E-state index in [2.05, 4.69) is 34.4 Å². The summed E-state index contributed by atoms with van der Waals surface area (Å²) in [5, 5.41) is 5.89. The van der Waals surface area contributed by atoms with Gasteiger partial charge < -0.3 is 5.32 Å². The third-order valence-electron chi connectivity index (χ3n) is 2.67. The van der Waals surface area contributed by atoms with Crippen molar-refractivity contribution in [2.45, 2.75) is 6.54 Å². The van der Waals surface area contributed by atoms with Gasteiger partial charge in [0.25, 0.3) is 0 Å². The molecule has 1 heterocycles. The van der Waals surface area contributed by atoms with Gasteiger partial charge in [-0.25, -0.2) is 0 Å². The second-order valence-corrected chi connectivity index (χ2v) is 5.06. The zero-order chi connectivity index (χ0) is 12.6. The van der Waals surface area contributed by atoms with Crippen LogP contribution in [0.1, 0.15) is 5.56 Å². The number of aromatic nitrogens is 1. The first-order chi connectivity index (χ1) is 8.92. The molecule has 0 bridgehead atoms. The van der Waals surface area contributed by atoms with Gasteiger partial charge in [-0.15, -0.1) is 18.2 Å². The van der Waals surface area contributed by atoms with Crippen molar-refractivity contribution >= 4 is 22.5 Å². The zero-order valence-corrected chi connectivity index (χ0v) is 11.0. The summed E-state index contributed by atoms with van der Waals surface area (Å²) in [5.41, 5.74) is 1.25. The molecule has 0 aliphatic carbocycles. The largest absolute Gasteiger partial charge is 0.312 e. The highest BCUT2D eigenvalue weighted by molar-refractivity contribution is 7.99. The van der Waals surface area contributed by atoms with Gasteiger partial charge in [-0.1, -0.05) is 30.2 Å². The minimum atomic E-state index is 0.789. The van der Waals surface area contributed by atoms with E-state index in [1.165, 1.54) is 16.3 Å². The van der Waals surface area contributed by atoms with Gasteiger partial charge in [0.2, 0.25) is 0 Å². The van der Waals surface area contributed by atoms with E-state index in [4.69, 9.17) is 6.42 Å².